The maximum atomic E-state index is 15.0. The van der Waals surface area contributed by atoms with E-state index >= 15 is 0 Å². The van der Waals surface area contributed by atoms with Crippen LogP contribution in [-0.4, -0.2) is 12.6 Å². The van der Waals surface area contributed by atoms with Crippen LogP contribution in [0.15, 0.2) is 158 Å². The number of rotatable bonds is 9. The lowest BCUT2D eigenvalue weighted by atomic mass is 9.52. The molecule has 0 saturated heterocycles. The molecule has 6 rings (SSSR count). The molecule has 0 fully saturated rings. The fraction of sp³-hybridized carbons (Fsp3) is 0.146. The number of benzene rings is 6. The van der Waals surface area contributed by atoms with Crippen molar-refractivity contribution in [1.82, 2.24) is 0 Å². The molecule has 1 unspecified atom stereocenters. The monoisotopic (exact) mass is 614 g/mol. The van der Waals surface area contributed by atoms with Gasteiger partial charge in [-0.15, -0.1) is 0 Å². The van der Waals surface area contributed by atoms with Crippen molar-refractivity contribution in [2.45, 2.75) is 30.4 Å². The molecule has 0 spiro atoms. The molecule has 0 radical (unpaired) electrons. The molecule has 0 bridgehead atoms. The highest BCUT2D eigenvalue weighted by atomic mass is 19.4. The fourth-order valence-corrected chi connectivity index (χ4v) is 6.73. The molecule has 1 atom stereocenters. The first-order valence-corrected chi connectivity index (χ1v) is 15.2. The molecule has 5 heteroatoms. The van der Waals surface area contributed by atoms with Gasteiger partial charge in [-0.1, -0.05) is 146 Å². The average Bonchev–Trinajstić information content (AvgIpc) is 3.09. The van der Waals surface area contributed by atoms with Crippen LogP contribution in [0.25, 0.3) is 10.8 Å². The number of halogens is 3. The fourth-order valence-electron chi connectivity index (χ4n) is 6.73. The molecule has 6 aromatic carbocycles. The van der Waals surface area contributed by atoms with E-state index in [-0.39, 0.29) is 13.0 Å². The standard InChI is InChI=1S/C41H33F3O2/c1-39(36-25-24-31-15-11-12-16-32(31)29-36,38(45)46-27-26-30-14-13-23-37(28-30)41(42,43)44)40(33-17-5-2-6-18-33,34-19-7-3-8-20-34)35-21-9-4-10-22-35/h2-25,28-29H,26-27H2,1H3. The minimum Gasteiger partial charge on any atom is -0.465 e. The maximum Gasteiger partial charge on any atom is 0.416 e. The molecule has 0 aromatic heterocycles. The number of ether oxygens (including phenoxy) is 1. The molecule has 0 heterocycles. The Labute approximate surface area is 267 Å². The van der Waals surface area contributed by atoms with Crippen molar-refractivity contribution in [3.05, 3.63) is 191 Å². The van der Waals surface area contributed by atoms with Gasteiger partial charge in [0.15, 0.2) is 0 Å². The average molecular weight is 615 g/mol. The van der Waals surface area contributed by atoms with Crippen molar-refractivity contribution < 1.29 is 22.7 Å². The van der Waals surface area contributed by atoms with Gasteiger partial charge in [-0.25, -0.2) is 0 Å². The first-order chi connectivity index (χ1) is 22.2. The van der Waals surface area contributed by atoms with Crippen LogP contribution in [0.5, 0.6) is 0 Å². The molecule has 2 nitrogen and oxygen atoms in total. The van der Waals surface area contributed by atoms with Crippen LogP contribution in [0.4, 0.5) is 13.2 Å². The molecular weight excluding hydrogens is 581 g/mol. The van der Waals surface area contributed by atoms with Crippen LogP contribution < -0.4 is 0 Å². The third kappa shape index (κ3) is 5.58. The van der Waals surface area contributed by atoms with Crippen molar-refractivity contribution in [3.63, 3.8) is 0 Å². The van der Waals surface area contributed by atoms with Crippen molar-refractivity contribution in [2.24, 2.45) is 0 Å². The van der Waals surface area contributed by atoms with E-state index in [0.717, 1.165) is 45.2 Å². The third-order valence-corrected chi connectivity index (χ3v) is 8.98. The molecule has 0 aliphatic rings. The van der Waals surface area contributed by atoms with E-state index in [1.165, 1.54) is 6.07 Å². The van der Waals surface area contributed by atoms with Crippen molar-refractivity contribution in [2.75, 3.05) is 6.61 Å². The lowest BCUT2D eigenvalue weighted by Gasteiger charge is -2.49. The molecule has 6 aromatic rings. The SMILES string of the molecule is CC(C(=O)OCCc1cccc(C(F)(F)F)c1)(c1ccc2ccccc2c1)C(c1ccccc1)(c1ccccc1)c1ccccc1. The van der Waals surface area contributed by atoms with Crippen LogP contribution in [-0.2, 0) is 33.0 Å². The van der Waals surface area contributed by atoms with Crippen molar-refractivity contribution in [3.8, 4) is 0 Å². The van der Waals surface area contributed by atoms with E-state index in [2.05, 4.69) is 0 Å². The third-order valence-electron chi connectivity index (χ3n) is 8.98. The Balaban J connectivity index is 1.55. The Morgan fingerprint density at radius 2 is 1.04 bits per heavy atom. The van der Waals surface area contributed by atoms with Gasteiger partial charge in [-0.05, 0) is 57.6 Å². The molecule has 0 aliphatic carbocycles. The number of hydrogen-bond acceptors (Lipinski definition) is 2. The topological polar surface area (TPSA) is 26.3 Å². The van der Waals surface area contributed by atoms with Gasteiger partial charge in [-0.2, -0.15) is 13.2 Å². The predicted molar refractivity (Wildman–Crippen MR) is 177 cm³/mol. The van der Waals surface area contributed by atoms with E-state index in [1.807, 2.05) is 140 Å². The Kier molecular flexibility index (Phi) is 8.50. The summed E-state index contributed by atoms with van der Waals surface area (Å²) in [7, 11) is 0. The summed E-state index contributed by atoms with van der Waals surface area (Å²) in [5.41, 5.74) is 0.770. The van der Waals surface area contributed by atoms with E-state index in [0.29, 0.717) is 5.56 Å². The minimum absolute atomic E-state index is 0.0856. The predicted octanol–water partition coefficient (Wildman–Crippen LogP) is 9.94. The molecule has 0 aliphatic heterocycles. The Hall–Kier alpha value is -5.16. The largest absolute Gasteiger partial charge is 0.465 e. The number of carbonyl (C=O) groups is 1. The zero-order valence-electron chi connectivity index (χ0n) is 25.4. The van der Waals surface area contributed by atoms with E-state index in [1.54, 1.807) is 6.07 Å². The van der Waals surface area contributed by atoms with Crippen LogP contribution >= 0.6 is 0 Å². The van der Waals surface area contributed by atoms with Crippen LogP contribution in [0.2, 0.25) is 0 Å². The second kappa shape index (κ2) is 12.7. The first kappa shape index (κ1) is 30.8. The molecule has 0 N–H and O–H groups in total. The van der Waals surface area contributed by atoms with Gasteiger partial charge < -0.3 is 4.74 Å². The van der Waals surface area contributed by atoms with Gasteiger partial charge in [0.05, 0.1) is 17.6 Å². The summed E-state index contributed by atoms with van der Waals surface area (Å²) in [4.78, 5) is 15.0. The summed E-state index contributed by atoms with van der Waals surface area (Å²) in [5, 5.41) is 2.02. The highest BCUT2D eigenvalue weighted by Crippen LogP contribution is 2.54. The zero-order chi connectivity index (χ0) is 32.2. The summed E-state index contributed by atoms with van der Waals surface area (Å²) < 4.78 is 46.4. The minimum atomic E-state index is -4.46. The van der Waals surface area contributed by atoms with Crippen molar-refractivity contribution >= 4 is 16.7 Å². The van der Waals surface area contributed by atoms with Crippen molar-refractivity contribution in [1.29, 1.82) is 0 Å². The van der Waals surface area contributed by atoms with Gasteiger partial charge in [-0.3, -0.25) is 4.79 Å². The highest BCUT2D eigenvalue weighted by molar-refractivity contribution is 5.91. The van der Waals surface area contributed by atoms with Crippen LogP contribution in [0.3, 0.4) is 0 Å². The smallest absolute Gasteiger partial charge is 0.416 e. The number of alkyl halides is 3. The molecule has 46 heavy (non-hydrogen) atoms. The second-order valence-corrected chi connectivity index (χ2v) is 11.6. The molecule has 0 amide bonds. The van der Waals surface area contributed by atoms with Gasteiger partial charge in [0.1, 0.15) is 5.41 Å². The van der Waals surface area contributed by atoms with Crippen LogP contribution in [0.1, 0.15) is 40.3 Å². The second-order valence-electron chi connectivity index (χ2n) is 11.6. The number of esters is 1. The maximum absolute atomic E-state index is 15.0. The number of fused-ring (bicyclic) bond motifs is 1. The normalized spacial score (nSPS) is 13.2. The quantitative estimate of drug-likeness (QED) is 0.120. The molecule has 0 saturated carbocycles. The van der Waals surface area contributed by atoms with Gasteiger partial charge in [0, 0.05) is 6.42 Å². The van der Waals surface area contributed by atoms with E-state index < -0.39 is 28.5 Å². The van der Waals surface area contributed by atoms with Gasteiger partial charge in [0.25, 0.3) is 0 Å². The lowest BCUT2D eigenvalue weighted by Crippen LogP contribution is -2.55. The Morgan fingerprint density at radius 3 is 1.59 bits per heavy atom. The Morgan fingerprint density at radius 1 is 0.543 bits per heavy atom. The summed E-state index contributed by atoms with van der Waals surface area (Å²) in [5.74, 6) is -0.480. The summed E-state index contributed by atoms with van der Waals surface area (Å²) in [6.45, 7) is 1.84. The first-order valence-electron chi connectivity index (χ1n) is 15.2. The summed E-state index contributed by atoms with van der Waals surface area (Å²) in [6, 6.07) is 49.1. The summed E-state index contributed by atoms with van der Waals surface area (Å²) in [6.07, 6.45) is -4.32. The van der Waals surface area contributed by atoms with E-state index in [9.17, 15) is 18.0 Å². The zero-order valence-corrected chi connectivity index (χ0v) is 25.4. The van der Waals surface area contributed by atoms with Gasteiger partial charge >= 0.3 is 12.1 Å². The number of carbonyl (C=O) groups excluding carboxylic acids is 1. The Bertz CT molecular complexity index is 1840. The number of hydrogen-bond donors (Lipinski definition) is 0. The van der Waals surface area contributed by atoms with Gasteiger partial charge in [0.2, 0.25) is 0 Å². The lowest BCUT2D eigenvalue weighted by molar-refractivity contribution is -0.152. The van der Waals surface area contributed by atoms with E-state index in [4.69, 9.17) is 4.74 Å². The molecular formula is C41H33F3O2. The highest BCUT2D eigenvalue weighted by Gasteiger charge is 2.58. The molecule has 230 valence electrons. The summed E-state index contributed by atoms with van der Waals surface area (Å²) >= 11 is 0. The van der Waals surface area contributed by atoms with Crippen LogP contribution in [0, 0.1) is 0 Å².